The average molecular weight is 256 g/mol. The molecule has 0 aromatic heterocycles. The summed E-state index contributed by atoms with van der Waals surface area (Å²) in [4.78, 5) is 0. The minimum atomic E-state index is 0.218. The van der Waals surface area contributed by atoms with Gasteiger partial charge in [-0.1, -0.05) is 63.3 Å². The van der Waals surface area contributed by atoms with Crippen LogP contribution in [0.5, 0.6) is 0 Å². The van der Waals surface area contributed by atoms with Gasteiger partial charge in [-0.3, -0.25) is 0 Å². The molecule has 1 atom stereocenters. The lowest BCUT2D eigenvalue weighted by molar-refractivity contribution is 0.195. The maximum Gasteiger partial charge on any atom is 0.0687 e. The first-order valence-electron chi connectivity index (χ1n) is 7.02. The van der Waals surface area contributed by atoms with Crippen molar-refractivity contribution in [1.82, 2.24) is 0 Å². The van der Waals surface area contributed by atoms with Gasteiger partial charge in [0.2, 0.25) is 0 Å². The van der Waals surface area contributed by atoms with E-state index in [1.807, 2.05) is 0 Å². The molecule has 2 rings (SSSR count). The van der Waals surface area contributed by atoms with Crippen LogP contribution in [-0.2, 0) is 10.2 Å². The average Bonchev–Trinajstić information content (AvgIpc) is 2.77. The van der Waals surface area contributed by atoms with E-state index in [4.69, 9.17) is 4.74 Å². The molecule has 0 N–H and O–H groups in total. The molecule has 1 aliphatic heterocycles. The molecular weight excluding hydrogens is 232 g/mol. The van der Waals surface area contributed by atoms with E-state index in [1.165, 1.54) is 16.7 Å². The third-order valence-electron chi connectivity index (χ3n) is 3.60. The summed E-state index contributed by atoms with van der Waals surface area (Å²) >= 11 is 0. The van der Waals surface area contributed by atoms with Crippen LogP contribution in [0.3, 0.4) is 0 Å². The van der Waals surface area contributed by atoms with Gasteiger partial charge in [-0.25, -0.2) is 0 Å². The van der Waals surface area contributed by atoms with Crippen molar-refractivity contribution in [2.45, 2.75) is 33.1 Å². The van der Waals surface area contributed by atoms with Crippen molar-refractivity contribution >= 4 is 6.08 Å². The van der Waals surface area contributed by atoms with Gasteiger partial charge in [-0.05, 0) is 29.0 Å². The van der Waals surface area contributed by atoms with Crippen molar-refractivity contribution in [3.63, 3.8) is 0 Å². The van der Waals surface area contributed by atoms with Crippen LogP contribution in [0.4, 0.5) is 0 Å². The van der Waals surface area contributed by atoms with Gasteiger partial charge in [0.15, 0.2) is 0 Å². The number of hydrogen-bond donors (Lipinski definition) is 0. The Labute approximate surface area is 117 Å². The molecule has 0 saturated carbocycles. The molecule has 0 aliphatic carbocycles. The SMILES string of the molecule is C/C=C/C1COC/C1=C\c1ccc(C(C)(C)C)cc1. The van der Waals surface area contributed by atoms with Gasteiger partial charge >= 0.3 is 0 Å². The van der Waals surface area contributed by atoms with E-state index in [0.29, 0.717) is 5.92 Å². The Morgan fingerprint density at radius 2 is 1.84 bits per heavy atom. The molecule has 1 heterocycles. The van der Waals surface area contributed by atoms with Crippen LogP contribution >= 0.6 is 0 Å². The van der Waals surface area contributed by atoms with Crippen LogP contribution in [0.1, 0.15) is 38.8 Å². The fourth-order valence-corrected chi connectivity index (χ4v) is 2.37. The van der Waals surface area contributed by atoms with Crippen LogP contribution in [0.25, 0.3) is 6.08 Å². The molecule has 1 aromatic rings. The van der Waals surface area contributed by atoms with Crippen LogP contribution in [0, 0.1) is 5.92 Å². The monoisotopic (exact) mass is 256 g/mol. The number of ether oxygens (including phenoxy) is 1. The summed E-state index contributed by atoms with van der Waals surface area (Å²) in [7, 11) is 0. The Morgan fingerprint density at radius 1 is 1.16 bits per heavy atom. The maximum absolute atomic E-state index is 5.55. The molecule has 0 spiro atoms. The second-order valence-electron chi connectivity index (χ2n) is 6.24. The summed E-state index contributed by atoms with van der Waals surface area (Å²) in [5, 5.41) is 0. The lowest BCUT2D eigenvalue weighted by Crippen LogP contribution is -2.10. The molecular formula is C18H24O. The first kappa shape index (κ1) is 14.1. The standard InChI is InChI=1S/C18H24O/c1-5-6-15-12-19-13-16(15)11-14-7-9-17(10-8-14)18(2,3)4/h5-11,15H,12-13H2,1-4H3/b6-5+,16-11+. The Balaban J connectivity index is 2.19. The van der Waals surface area contributed by atoms with Crippen molar-refractivity contribution in [1.29, 1.82) is 0 Å². The molecule has 1 heteroatoms. The third-order valence-corrected chi connectivity index (χ3v) is 3.60. The van der Waals surface area contributed by atoms with Crippen molar-refractivity contribution in [3.8, 4) is 0 Å². The first-order chi connectivity index (χ1) is 9.00. The second-order valence-corrected chi connectivity index (χ2v) is 6.24. The van der Waals surface area contributed by atoms with Gasteiger partial charge in [-0.2, -0.15) is 0 Å². The largest absolute Gasteiger partial charge is 0.376 e. The van der Waals surface area contributed by atoms with E-state index in [2.05, 4.69) is 70.2 Å². The van der Waals surface area contributed by atoms with Crippen LogP contribution in [0.15, 0.2) is 42.0 Å². The summed E-state index contributed by atoms with van der Waals surface area (Å²) in [6, 6.07) is 8.87. The lowest BCUT2D eigenvalue weighted by atomic mass is 9.86. The topological polar surface area (TPSA) is 9.23 Å². The van der Waals surface area contributed by atoms with Gasteiger partial charge < -0.3 is 4.74 Å². The molecule has 102 valence electrons. The summed E-state index contributed by atoms with van der Waals surface area (Å²) in [5.74, 6) is 0.451. The minimum Gasteiger partial charge on any atom is -0.376 e. The Hall–Kier alpha value is -1.34. The maximum atomic E-state index is 5.55. The van der Waals surface area contributed by atoms with Crippen molar-refractivity contribution < 1.29 is 4.74 Å². The van der Waals surface area contributed by atoms with Crippen LogP contribution < -0.4 is 0 Å². The Morgan fingerprint density at radius 3 is 2.42 bits per heavy atom. The zero-order chi connectivity index (χ0) is 13.9. The predicted molar refractivity (Wildman–Crippen MR) is 82.2 cm³/mol. The third kappa shape index (κ3) is 3.57. The summed E-state index contributed by atoms with van der Waals surface area (Å²) in [6.45, 7) is 10.4. The number of allylic oxidation sites excluding steroid dienone is 1. The fourth-order valence-electron chi connectivity index (χ4n) is 2.37. The molecule has 19 heavy (non-hydrogen) atoms. The normalized spacial score (nSPS) is 22.5. The molecule has 0 radical (unpaired) electrons. The van der Waals surface area contributed by atoms with Crippen LogP contribution in [0.2, 0.25) is 0 Å². The number of rotatable bonds is 2. The van der Waals surface area contributed by atoms with Gasteiger partial charge in [0, 0.05) is 5.92 Å². The quantitative estimate of drug-likeness (QED) is 0.703. The van der Waals surface area contributed by atoms with Crippen molar-refractivity contribution in [2.75, 3.05) is 13.2 Å². The highest BCUT2D eigenvalue weighted by Crippen LogP contribution is 2.26. The van der Waals surface area contributed by atoms with Gasteiger partial charge in [0.1, 0.15) is 0 Å². The molecule has 1 aromatic carbocycles. The molecule has 0 amide bonds. The second kappa shape index (κ2) is 5.75. The summed E-state index contributed by atoms with van der Waals surface area (Å²) in [6.07, 6.45) is 6.60. The van der Waals surface area contributed by atoms with E-state index in [0.717, 1.165) is 13.2 Å². The van der Waals surface area contributed by atoms with Crippen molar-refractivity contribution in [3.05, 3.63) is 53.1 Å². The molecule has 1 nitrogen and oxygen atoms in total. The van der Waals surface area contributed by atoms with Gasteiger partial charge in [-0.15, -0.1) is 0 Å². The molecule has 1 unspecified atom stereocenters. The zero-order valence-electron chi connectivity index (χ0n) is 12.4. The van der Waals surface area contributed by atoms with Crippen LogP contribution in [-0.4, -0.2) is 13.2 Å². The highest BCUT2D eigenvalue weighted by molar-refractivity contribution is 5.55. The predicted octanol–water partition coefficient (Wildman–Crippen LogP) is 4.59. The van der Waals surface area contributed by atoms with Gasteiger partial charge in [0.25, 0.3) is 0 Å². The molecule has 1 fully saturated rings. The highest BCUT2D eigenvalue weighted by atomic mass is 16.5. The summed E-state index contributed by atoms with van der Waals surface area (Å²) < 4.78 is 5.55. The van der Waals surface area contributed by atoms with Crippen molar-refractivity contribution in [2.24, 2.45) is 5.92 Å². The minimum absolute atomic E-state index is 0.218. The van der Waals surface area contributed by atoms with E-state index < -0.39 is 0 Å². The lowest BCUT2D eigenvalue weighted by Gasteiger charge is -2.18. The highest BCUT2D eigenvalue weighted by Gasteiger charge is 2.18. The number of benzene rings is 1. The van der Waals surface area contributed by atoms with E-state index in [9.17, 15) is 0 Å². The zero-order valence-corrected chi connectivity index (χ0v) is 12.4. The Bertz CT molecular complexity index is 471. The Kier molecular flexibility index (Phi) is 4.26. The van der Waals surface area contributed by atoms with Gasteiger partial charge in [0.05, 0.1) is 13.2 Å². The fraction of sp³-hybridized carbons (Fsp3) is 0.444. The smallest absolute Gasteiger partial charge is 0.0687 e. The number of hydrogen-bond acceptors (Lipinski definition) is 1. The first-order valence-corrected chi connectivity index (χ1v) is 7.02. The van der Waals surface area contributed by atoms with E-state index in [1.54, 1.807) is 0 Å². The molecule has 1 aliphatic rings. The van der Waals surface area contributed by atoms with E-state index >= 15 is 0 Å². The van der Waals surface area contributed by atoms with E-state index in [-0.39, 0.29) is 5.41 Å². The molecule has 0 bridgehead atoms. The molecule has 1 saturated heterocycles. The summed E-state index contributed by atoms with van der Waals surface area (Å²) in [5.41, 5.74) is 4.24.